The van der Waals surface area contributed by atoms with Gasteiger partial charge in [-0.3, -0.25) is 9.59 Å². The van der Waals surface area contributed by atoms with Gasteiger partial charge in [0, 0.05) is 17.4 Å². The third kappa shape index (κ3) is 3.31. The van der Waals surface area contributed by atoms with Crippen molar-refractivity contribution in [3.63, 3.8) is 0 Å². The third-order valence-corrected chi connectivity index (χ3v) is 3.20. The summed E-state index contributed by atoms with van der Waals surface area (Å²) in [6.45, 7) is 7.22. The van der Waals surface area contributed by atoms with Gasteiger partial charge in [0.15, 0.2) is 11.6 Å². The lowest BCUT2D eigenvalue weighted by Gasteiger charge is -2.17. The molecule has 0 spiro atoms. The number of ketones is 2. The molecule has 1 aromatic carbocycles. The Morgan fingerprint density at radius 2 is 1.55 bits per heavy atom. The normalized spacial score (nSPS) is 11.2. The Bertz CT molecular complexity index is 521. The average Bonchev–Trinajstić information content (AvgIpc) is 2.38. The van der Waals surface area contributed by atoms with Gasteiger partial charge in [0.25, 0.3) is 0 Å². The molecule has 0 aliphatic rings. The van der Waals surface area contributed by atoms with Crippen LogP contribution in [-0.2, 0) is 6.42 Å². The van der Waals surface area contributed by atoms with Crippen molar-refractivity contribution in [3.8, 4) is 0 Å². The number of Topliss-reactive ketones (excluding diaryl/α,β-unsaturated/α-hetero) is 2. The molecular formula is C16H22FNO2. The van der Waals surface area contributed by atoms with E-state index in [9.17, 15) is 14.0 Å². The molecule has 110 valence electrons. The predicted molar refractivity (Wildman–Crippen MR) is 77.5 cm³/mol. The molecule has 0 unspecified atom stereocenters. The van der Waals surface area contributed by atoms with Gasteiger partial charge in [-0.2, -0.15) is 0 Å². The number of hydrogen-bond acceptors (Lipinski definition) is 3. The van der Waals surface area contributed by atoms with Gasteiger partial charge in [0.05, 0.1) is 5.56 Å². The van der Waals surface area contributed by atoms with Crippen LogP contribution < -0.4 is 5.73 Å². The number of halogens is 1. The number of carbonyl (C=O) groups excluding carboxylic acids is 2. The summed E-state index contributed by atoms with van der Waals surface area (Å²) in [7, 11) is 0. The Kier molecular flexibility index (Phi) is 5.57. The molecule has 0 heterocycles. The largest absolute Gasteiger partial charge is 0.330 e. The SMILES string of the molecule is CC(C)C(=O)c1c(F)ccc(CCN)c1C(=O)C(C)C. The van der Waals surface area contributed by atoms with Gasteiger partial charge in [-0.15, -0.1) is 0 Å². The Morgan fingerprint density at radius 1 is 1.05 bits per heavy atom. The van der Waals surface area contributed by atoms with Crippen molar-refractivity contribution in [2.24, 2.45) is 17.6 Å². The summed E-state index contributed by atoms with van der Waals surface area (Å²) in [5.41, 5.74) is 6.32. The zero-order valence-electron chi connectivity index (χ0n) is 12.5. The zero-order valence-corrected chi connectivity index (χ0v) is 12.5. The number of hydrogen-bond donors (Lipinski definition) is 1. The highest BCUT2D eigenvalue weighted by molar-refractivity contribution is 6.11. The minimum atomic E-state index is -0.631. The van der Waals surface area contributed by atoms with Gasteiger partial charge in [-0.1, -0.05) is 33.8 Å². The fourth-order valence-corrected chi connectivity index (χ4v) is 2.08. The summed E-state index contributed by atoms with van der Waals surface area (Å²) >= 11 is 0. The topological polar surface area (TPSA) is 60.2 Å². The van der Waals surface area contributed by atoms with E-state index in [1.807, 2.05) is 0 Å². The van der Waals surface area contributed by atoms with E-state index < -0.39 is 5.82 Å². The van der Waals surface area contributed by atoms with Crippen LogP contribution in [0.4, 0.5) is 4.39 Å². The monoisotopic (exact) mass is 279 g/mol. The first kappa shape index (κ1) is 16.5. The van der Waals surface area contributed by atoms with Crippen LogP contribution in [0, 0.1) is 17.7 Å². The summed E-state index contributed by atoms with van der Waals surface area (Å²) < 4.78 is 14.1. The Morgan fingerprint density at radius 3 is 2.00 bits per heavy atom. The third-order valence-electron chi connectivity index (χ3n) is 3.20. The first-order valence-corrected chi connectivity index (χ1v) is 6.91. The van der Waals surface area contributed by atoms with Crippen molar-refractivity contribution in [1.29, 1.82) is 0 Å². The maximum Gasteiger partial charge on any atom is 0.169 e. The summed E-state index contributed by atoms with van der Waals surface area (Å²) in [4.78, 5) is 24.6. The molecule has 1 rings (SSSR count). The molecule has 4 heteroatoms. The predicted octanol–water partition coefficient (Wildman–Crippen LogP) is 3.00. The fourth-order valence-electron chi connectivity index (χ4n) is 2.08. The molecule has 20 heavy (non-hydrogen) atoms. The molecule has 0 radical (unpaired) electrons. The van der Waals surface area contributed by atoms with E-state index >= 15 is 0 Å². The van der Waals surface area contributed by atoms with E-state index in [4.69, 9.17) is 5.73 Å². The minimum Gasteiger partial charge on any atom is -0.330 e. The van der Waals surface area contributed by atoms with E-state index in [1.165, 1.54) is 6.07 Å². The van der Waals surface area contributed by atoms with Gasteiger partial charge in [0.2, 0.25) is 0 Å². The summed E-state index contributed by atoms with van der Waals surface area (Å²) in [6, 6.07) is 2.80. The lowest BCUT2D eigenvalue weighted by atomic mass is 9.86. The number of nitrogens with two attached hydrogens (primary N) is 1. The quantitative estimate of drug-likeness (QED) is 0.814. The molecule has 0 atom stereocenters. The second kappa shape index (κ2) is 6.75. The van der Waals surface area contributed by atoms with Crippen molar-refractivity contribution in [2.45, 2.75) is 34.1 Å². The molecule has 0 fully saturated rings. The first-order valence-electron chi connectivity index (χ1n) is 6.91. The van der Waals surface area contributed by atoms with E-state index in [2.05, 4.69) is 0 Å². The van der Waals surface area contributed by atoms with Crippen LogP contribution in [0.2, 0.25) is 0 Å². The van der Waals surface area contributed by atoms with Gasteiger partial charge in [-0.25, -0.2) is 4.39 Å². The standard InChI is InChI=1S/C16H22FNO2/c1-9(2)15(19)13-11(7-8-18)5-6-12(17)14(13)16(20)10(3)4/h5-6,9-10H,7-8,18H2,1-4H3. The maximum absolute atomic E-state index is 14.1. The van der Waals surface area contributed by atoms with Gasteiger partial charge < -0.3 is 5.73 Å². The minimum absolute atomic E-state index is 0.0790. The average molecular weight is 279 g/mol. The van der Waals surface area contributed by atoms with Crippen molar-refractivity contribution in [2.75, 3.05) is 6.54 Å². The smallest absolute Gasteiger partial charge is 0.169 e. The van der Waals surface area contributed by atoms with Crippen molar-refractivity contribution in [3.05, 3.63) is 34.6 Å². The summed E-state index contributed by atoms with van der Waals surface area (Å²) in [6.07, 6.45) is 0.451. The molecule has 0 saturated carbocycles. The highest BCUT2D eigenvalue weighted by Gasteiger charge is 2.27. The molecule has 0 bridgehead atoms. The molecule has 3 nitrogen and oxygen atoms in total. The molecule has 0 amide bonds. The highest BCUT2D eigenvalue weighted by atomic mass is 19.1. The molecule has 1 aromatic rings. The van der Waals surface area contributed by atoms with Crippen LogP contribution in [0.1, 0.15) is 54.0 Å². The first-order chi connectivity index (χ1) is 9.31. The summed E-state index contributed by atoms with van der Waals surface area (Å²) in [5, 5.41) is 0. The van der Waals surface area contributed by atoms with E-state index in [0.29, 0.717) is 18.5 Å². The number of carbonyl (C=O) groups is 2. The van der Waals surface area contributed by atoms with E-state index in [-0.39, 0.29) is 34.5 Å². The van der Waals surface area contributed by atoms with Crippen molar-refractivity contribution >= 4 is 11.6 Å². The Hall–Kier alpha value is -1.55. The lowest BCUT2D eigenvalue weighted by molar-refractivity contribution is 0.0901. The van der Waals surface area contributed by atoms with Crippen LogP contribution in [0.15, 0.2) is 12.1 Å². The number of rotatable bonds is 6. The molecule has 0 aliphatic carbocycles. The van der Waals surface area contributed by atoms with Crippen LogP contribution in [0.3, 0.4) is 0 Å². The molecular weight excluding hydrogens is 257 g/mol. The maximum atomic E-state index is 14.1. The van der Waals surface area contributed by atoms with Gasteiger partial charge in [-0.05, 0) is 24.6 Å². The number of benzene rings is 1. The Labute approximate surface area is 119 Å². The zero-order chi connectivity index (χ0) is 15.4. The highest BCUT2D eigenvalue weighted by Crippen LogP contribution is 2.25. The van der Waals surface area contributed by atoms with Crippen molar-refractivity contribution in [1.82, 2.24) is 0 Å². The Balaban J connectivity index is 3.57. The van der Waals surface area contributed by atoms with Crippen LogP contribution in [0.25, 0.3) is 0 Å². The molecule has 0 saturated heterocycles. The molecule has 2 N–H and O–H groups in total. The molecule has 0 aromatic heterocycles. The fraction of sp³-hybridized carbons (Fsp3) is 0.500. The second-order valence-corrected chi connectivity index (χ2v) is 5.53. The van der Waals surface area contributed by atoms with Gasteiger partial charge in [0.1, 0.15) is 5.82 Å². The van der Waals surface area contributed by atoms with Crippen LogP contribution >= 0.6 is 0 Å². The van der Waals surface area contributed by atoms with Crippen molar-refractivity contribution < 1.29 is 14.0 Å². The lowest BCUT2D eigenvalue weighted by Crippen LogP contribution is -2.21. The van der Waals surface area contributed by atoms with Gasteiger partial charge >= 0.3 is 0 Å². The van der Waals surface area contributed by atoms with Crippen LogP contribution in [0.5, 0.6) is 0 Å². The molecule has 0 aliphatic heterocycles. The van der Waals surface area contributed by atoms with Crippen LogP contribution in [-0.4, -0.2) is 18.1 Å². The summed E-state index contributed by atoms with van der Waals surface area (Å²) in [5.74, 6) is -1.85. The van der Waals surface area contributed by atoms with E-state index in [1.54, 1.807) is 33.8 Å². The van der Waals surface area contributed by atoms with E-state index in [0.717, 1.165) is 0 Å². The second-order valence-electron chi connectivity index (χ2n) is 5.53.